The normalized spacial score (nSPS) is 13.2. The Morgan fingerprint density at radius 2 is 1.60 bits per heavy atom. The number of nitrogens with two attached hydrogens (primary N) is 1. The summed E-state index contributed by atoms with van der Waals surface area (Å²) in [6.07, 6.45) is 0.614. The molecule has 3 aromatic rings. The van der Waals surface area contributed by atoms with Crippen molar-refractivity contribution < 1.29 is 36.6 Å². The zero-order chi connectivity index (χ0) is 34.8. The van der Waals surface area contributed by atoms with Crippen LogP contribution in [0.1, 0.15) is 48.9 Å². The number of amides is 1. The van der Waals surface area contributed by atoms with Gasteiger partial charge in [-0.15, -0.1) is 0 Å². The molecule has 0 saturated heterocycles. The van der Waals surface area contributed by atoms with Crippen LogP contribution in [0.5, 0.6) is 0 Å². The Hall–Kier alpha value is -3.55. The van der Waals surface area contributed by atoms with Crippen LogP contribution in [0.3, 0.4) is 0 Å². The average Bonchev–Trinajstić information content (AvgIpc) is 3.05. The van der Waals surface area contributed by atoms with E-state index in [1.165, 1.54) is 4.90 Å². The molecule has 9 nitrogen and oxygen atoms in total. The number of hydrogen-bond acceptors (Lipinski definition) is 8. The minimum absolute atomic E-state index is 0.0381. The van der Waals surface area contributed by atoms with E-state index in [9.17, 15) is 27.1 Å². The van der Waals surface area contributed by atoms with E-state index in [1.54, 1.807) is 0 Å². The molecule has 0 bridgehead atoms. The van der Waals surface area contributed by atoms with Gasteiger partial charge in [0.1, 0.15) is 24.5 Å². The van der Waals surface area contributed by atoms with Crippen LogP contribution in [-0.4, -0.2) is 74.1 Å². The molecule has 3 rings (SSSR count). The molecule has 0 aliphatic carbocycles. The molecule has 0 aliphatic rings. The van der Waals surface area contributed by atoms with Crippen molar-refractivity contribution in [3.8, 4) is 0 Å². The molecule has 47 heavy (non-hydrogen) atoms. The molecule has 0 heterocycles. The van der Waals surface area contributed by atoms with Crippen LogP contribution in [0.15, 0.2) is 72.8 Å². The molecule has 4 N–H and O–H groups in total. The van der Waals surface area contributed by atoms with Crippen molar-refractivity contribution in [3.05, 3.63) is 107 Å². The van der Waals surface area contributed by atoms with Gasteiger partial charge in [-0.2, -0.15) is 0 Å². The molecular formula is C35H47F2N3O6S. The van der Waals surface area contributed by atoms with E-state index in [-0.39, 0.29) is 44.2 Å². The van der Waals surface area contributed by atoms with Gasteiger partial charge in [0.15, 0.2) is 9.84 Å². The maximum absolute atomic E-state index is 14.1. The lowest BCUT2D eigenvalue weighted by Gasteiger charge is -2.31. The zero-order valence-electron chi connectivity index (χ0n) is 27.1. The second-order valence-electron chi connectivity index (χ2n) is 11.3. The lowest BCUT2D eigenvalue weighted by Crippen LogP contribution is -2.54. The first-order chi connectivity index (χ1) is 22.5. The molecule has 12 heteroatoms. The second-order valence-corrected chi connectivity index (χ2v) is 13.5. The third kappa shape index (κ3) is 14.4. The highest BCUT2D eigenvalue weighted by Gasteiger charge is 2.31. The monoisotopic (exact) mass is 675 g/mol. The summed E-state index contributed by atoms with van der Waals surface area (Å²) in [7, 11) is -3.61. The van der Waals surface area contributed by atoms with Crippen molar-refractivity contribution in [2.75, 3.05) is 24.8 Å². The maximum Gasteiger partial charge on any atom is 0.241 e. The topological polar surface area (TPSA) is 139 Å². The number of nitrogens with one attached hydrogen (secondary N) is 1. The van der Waals surface area contributed by atoms with Gasteiger partial charge in [0, 0.05) is 25.2 Å². The van der Waals surface area contributed by atoms with E-state index in [2.05, 4.69) is 5.32 Å². The van der Waals surface area contributed by atoms with Gasteiger partial charge in [0.05, 0.1) is 30.9 Å². The Morgan fingerprint density at radius 3 is 2.23 bits per heavy atom. The number of rotatable bonds is 19. The fourth-order valence-corrected chi connectivity index (χ4v) is 6.60. The average molecular weight is 676 g/mol. The number of unbranched alkanes of at least 4 members (excludes halogenated alkanes) is 1. The zero-order valence-corrected chi connectivity index (χ0v) is 27.9. The van der Waals surface area contributed by atoms with Crippen molar-refractivity contribution in [2.24, 2.45) is 5.73 Å². The summed E-state index contributed by atoms with van der Waals surface area (Å²) >= 11 is 0. The van der Waals surface area contributed by atoms with Crippen LogP contribution in [0.2, 0.25) is 0 Å². The number of carbonyl (C=O) groups excluding carboxylic acids is 2. The molecule has 0 aliphatic heterocycles. The van der Waals surface area contributed by atoms with Gasteiger partial charge in [-0.25, -0.2) is 17.2 Å². The highest BCUT2D eigenvalue weighted by atomic mass is 32.2. The number of aliphatic hydroxyl groups is 1. The quantitative estimate of drug-likeness (QED) is 0.128. The molecule has 0 spiro atoms. The molecule has 0 radical (unpaired) electrons. The molecule has 1 amide bonds. The highest BCUT2D eigenvalue weighted by molar-refractivity contribution is 7.91. The molecule has 0 fully saturated rings. The van der Waals surface area contributed by atoms with Gasteiger partial charge in [0.2, 0.25) is 5.91 Å². The van der Waals surface area contributed by atoms with Crippen LogP contribution >= 0.6 is 0 Å². The molecular weight excluding hydrogens is 628 g/mol. The van der Waals surface area contributed by atoms with Gasteiger partial charge in [-0.3, -0.25) is 10.1 Å². The van der Waals surface area contributed by atoms with Crippen LogP contribution in [0, 0.1) is 11.6 Å². The van der Waals surface area contributed by atoms with E-state index in [4.69, 9.17) is 15.3 Å². The Labute approximate surface area is 277 Å². The first-order valence-electron chi connectivity index (χ1n) is 15.6. The van der Waals surface area contributed by atoms with Gasteiger partial charge >= 0.3 is 0 Å². The van der Waals surface area contributed by atoms with Crippen molar-refractivity contribution in [1.29, 1.82) is 0 Å². The lowest BCUT2D eigenvalue weighted by molar-refractivity contribution is -0.135. The van der Waals surface area contributed by atoms with Gasteiger partial charge in [0.25, 0.3) is 0 Å². The Morgan fingerprint density at radius 1 is 0.957 bits per heavy atom. The van der Waals surface area contributed by atoms with E-state index in [0.717, 1.165) is 41.3 Å². The third-order valence-electron chi connectivity index (χ3n) is 7.45. The molecule has 3 unspecified atom stereocenters. The van der Waals surface area contributed by atoms with Crippen molar-refractivity contribution in [2.45, 2.75) is 70.9 Å². The maximum atomic E-state index is 14.1. The first-order valence-corrected chi connectivity index (χ1v) is 17.4. The van der Waals surface area contributed by atoms with Gasteiger partial charge < -0.3 is 25.3 Å². The number of aliphatic hydroxyl groups excluding tert-OH is 1. The summed E-state index contributed by atoms with van der Waals surface area (Å²) < 4.78 is 59.3. The highest BCUT2D eigenvalue weighted by Crippen LogP contribution is 2.15. The predicted octanol–water partition coefficient (Wildman–Crippen LogP) is 3.95. The standard InChI is InChI=1S/C34H45F2N3O5S.CH2O/c1-3-5-14-45(42,43)23-32(38-24-44-22-26-10-7-6-8-11-26)34(41)39(20-27-13-9-12-25(4-2)15-27)21-33(40)31(37)18-28-16-29(35)19-30(36)17-28;1-2/h6-13,15-17,19,31-33,38,40H,3-5,14,18,20-24,37H2,1-2H3;1H2. The Bertz CT molecular complexity index is 1460. The Balaban J connectivity index is 0.00000376. The third-order valence-corrected chi connectivity index (χ3v) is 9.20. The summed E-state index contributed by atoms with van der Waals surface area (Å²) in [5, 5.41) is 14.1. The van der Waals surface area contributed by atoms with E-state index >= 15 is 0 Å². The van der Waals surface area contributed by atoms with E-state index < -0.39 is 51.3 Å². The molecule has 0 aromatic heterocycles. The largest absolute Gasteiger partial charge is 0.390 e. The summed E-state index contributed by atoms with van der Waals surface area (Å²) in [5.41, 5.74) is 9.30. The Kier molecular flexibility index (Phi) is 17.4. The number of hydrogen-bond donors (Lipinski definition) is 3. The van der Waals surface area contributed by atoms with Crippen LogP contribution < -0.4 is 11.1 Å². The number of carbonyl (C=O) groups is 2. The number of aryl methyl sites for hydroxylation is 1. The fraction of sp³-hybridized carbons (Fsp3) is 0.429. The second kappa shape index (κ2) is 20.6. The fourth-order valence-electron chi connectivity index (χ4n) is 4.94. The lowest BCUT2D eigenvalue weighted by atomic mass is 10.0. The van der Waals surface area contributed by atoms with Crippen LogP contribution in [0.25, 0.3) is 0 Å². The summed E-state index contributed by atoms with van der Waals surface area (Å²) in [6, 6.07) is 18.0. The summed E-state index contributed by atoms with van der Waals surface area (Å²) in [6.45, 7) is 5.94. The predicted molar refractivity (Wildman–Crippen MR) is 179 cm³/mol. The first kappa shape index (κ1) is 39.6. The summed E-state index contributed by atoms with van der Waals surface area (Å²) in [4.78, 5) is 23.5. The number of halogens is 2. The minimum atomic E-state index is -3.61. The van der Waals surface area contributed by atoms with E-state index in [1.807, 2.05) is 75.2 Å². The number of ether oxygens (including phenoxy) is 1. The molecule has 3 atom stereocenters. The molecule has 258 valence electrons. The number of benzene rings is 3. The summed E-state index contributed by atoms with van der Waals surface area (Å²) in [5.74, 6) is -2.56. The molecule has 0 saturated carbocycles. The van der Waals surface area contributed by atoms with Gasteiger partial charge in [-0.1, -0.05) is 74.9 Å². The number of sulfone groups is 1. The molecule has 3 aromatic carbocycles. The number of nitrogens with zero attached hydrogens (tertiary/aromatic N) is 1. The van der Waals surface area contributed by atoms with Crippen molar-refractivity contribution >= 4 is 22.5 Å². The van der Waals surface area contributed by atoms with E-state index in [0.29, 0.717) is 12.8 Å². The van der Waals surface area contributed by atoms with Gasteiger partial charge in [-0.05, 0) is 53.6 Å². The van der Waals surface area contributed by atoms with Crippen molar-refractivity contribution in [3.63, 3.8) is 0 Å². The SMILES string of the molecule is C=O.CCCCS(=O)(=O)CC(NCOCc1ccccc1)C(=O)N(Cc1cccc(CC)c1)CC(O)C(N)Cc1cc(F)cc(F)c1. The minimum Gasteiger partial charge on any atom is -0.390 e. The van der Waals surface area contributed by atoms with Crippen molar-refractivity contribution in [1.82, 2.24) is 10.2 Å². The van der Waals surface area contributed by atoms with Crippen LogP contribution in [-0.2, 0) is 50.2 Å². The smallest absolute Gasteiger partial charge is 0.241 e. The van der Waals surface area contributed by atoms with Crippen LogP contribution in [0.4, 0.5) is 8.78 Å².